The third-order valence-corrected chi connectivity index (χ3v) is 5.32. The van der Waals surface area contributed by atoms with E-state index in [4.69, 9.17) is 10.9 Å². The molecule has 1 heterocycles. The zero-order valence-electron chi connectivity index (χ0n) is 13.1. The predicted molar refractivity (Wildman–Crippen MR) is 89.9 cm³/mol. The average Bonchev–Trinajstić information content (AvgIpc) is 2.96. The molecule has 0 bridgehead atoms. The molecule has 1 aromatic carbocycles. The highest BCUT2D eigenvalue weighted by atomic mass is 32.2. The molecule has 0 aliphatic carbocycles. The van der Waals surface area contributed by atoms with E-state index in [1.54, 1.807) is 0 Å². The van der Waals surface area contributed by atoms with Crippen molar-refractivity contribution in [2.75, 3.05) is 12.3 Å². The van der Waals surface area contributed by atoms with Crippen molar-refractivity contribution >= 4 is 15.9 Å². The van der Waals surface area contributed by atoms with Crippen LogP contribution in [0, 0.1) is 11.8 Å². The lowest BCUT2D eigenvalue weighted by Crippen LogP contribution is -2.40. The van der Waals surface area contributed by atoms with Crippen molar-refractivity contribution in [2.45, 2.75) is 31.7 Å². The Labute approximate surface area is 137 Å². The second kappa shape index (κ2) is 7.90. The molecule has 0 radical (unpaired) electrons. The Morgan fingerprint density at radius 2 is 2.00 bits per heavy atom. The van der Waals surface area contributed by atoms with Crippen LogP contribution in [0.4, 0.5) is 0 Å². The van der Waals surface area contributed by atoms with Crippen LogP contribution in [0.2, 0.25) is 0 Å². The summed E-state index contributed by atoms with van der Waals surface area (Å²) in [7, 11) is -3.68. The van der Waals surface area contributed by atoms with Crippen molar-refractivity contribution < 1.29 is 13.2 Å². The van der Waals surface area contributed by atoms with Gasteiger partial charge in [0.2, 0.25) is 15.9 Å². The summed E-state index contributed by atoms with van der Waals surface area (Å²) < 4.78 is 23.2. The Bertz CT molecular complexity index is 613. The maximum absolute atomic E-state index is 12.0. The highest BCUT2D eigenvalue weighted by Crippen LogP contribution is 2.26. The molecule has 7 heteroatoms. The molecule has 1 aromatic rings. The molecule has 1 aliphatic heterocycles. The van der Waals surface area contributed by atoms with Crippen molar-refractivity contribution in [1.82, 2.24) is 5.32 Å². The number of carbonyl (C=O) groups excluding carboxylic acids is 1. The van der Waals surface area contributed by atoms with Crippen molar-refractivity contribution in [3.05, 3.63) is 35.9 Å². The highest BCUT2D eigenvalue weighted by Gasteiger charge is 2.32. The van der Waals surface area contributed by atoms with Crippen LogP contribution in [0.5, 0.6) is 0 Å². The van der Waals surface area contributed by atoms with Gasteiger partial charge in [-0.1, -0.05) is 30.3 Å². The summed E-state index contributed by atoms with van der Waals surface area (Å²) >= 11 is 0. The number of hydrogen-bond donors (Lipinski definition) is 3. The average molecular weight is 339 g/mol. The van der Waals surface area contributed by atoms with E-state index in [1.807, 2.05) is 30.3 Å². The minimum absolute atomic E-state index is 0.214. The van der Waals surface area contributed by atoms with Gasteiger partial charge in [-0.15, -0.1) is 0 Å². The van der Waals surface area contributed by atoms with Gasteiger partial charge in [-0.3, -0.25) is 4.79 Å². The number of primary amides is 1. The molecule has 1 aliphatic rings. The first-order chi connectivity index (χ1) is 10.8. The third-order valence-electron chi connectivity index (χ3n) is 4.42. The number of benzene rings is 1. The molecule has 0 spiro atoms. The maximum Gasteiger partial charge on any atom is 0.220 e. The van der Waals surface area contributed by atoms with E-state index in [2.05, 4.69) is 5.32 Å². The number of hydrogen-bond acceptors (Lipinski definition) is 4. The summed E-state index contributed by atoms with van der Waals surface area (Å²) in [4.78, 5) is 12.0. The van der Waals surface area contributed by atoms with Crippen molar-refractivity contribution in [3.8, 4) is 0 Å². The molecule has 1 saturated heterocycles. The monoisotopic (exact) mass is 339 g/mol. The summed E-state index contributed by atoms with van der Waals surface area (Å²) in [6.07, 6.45) is 3.08. The van der Waals surface area contributed by atoms with Gasteiger partial charge < -0.3 is 11.1 Å². The maximum atomic E-state index is 12.0. The van der Waals surface area contributed by atoms with Gasteiger partial charge in [-0.2, -0.15) is 0 Å². The first-order valence-electron chi connectivity index (χ1n) is 7.92. The summed E-state index contributed by atoms with van der Waals surface area (Å²) in [5, 5.41) is 8.58. The Morgan fingerprint density at radius 1 is 1.30 bits per heavy atom. The molecule has 3 atom stereocenters. The van der Waals surface area contributed by atoms with Crippen molar-refractivity contribution in [3.63, 3.8) is 0 Å². The number of nitrogens with two attached hydrogens (primary N) is 2. The fraction of sp³-hybridized carbons (Fsp3) is 0.562. The molecule has 1 unspecified atom stereocenters. The summed E-state index contributed by atoms with van der Waals surface area (Å²) in [6.45, 7) is 0.925. The lowest BCUT2D eigenvalue weighted by molar-refractivity contribution is -0.123. The Balaban J connectivity index is 2.18. The number of carbonyl (C=O) groups is 1. The lowest BCUT2D eigenvalue weighted by atomic mass is 9.83. The summed E-state index contributed by atoms with van der Waals surface area (Å²) in [5.74, 6) is -1.61. The lowest BCUT2D eigenvalue weighted by Gasteiger charge is -2.26. The minimum atomic E-state index is -3.68. The van der Waals surface area contributed by atoms with Gasteiger partial charge in [-0.05, 0) is 43.7 Å². The standard InChI is InChI=1S/C16H25N3O3S/c17-16(20)15(10-14-7-4-8-19-14)13(11-23(18,21)22)9-12-5-2-1-3-6-12/h1-3,5-6,13-15,19H,4,7-11H2,(H2,17,20)(H2,18,21,22)/t13-,14+,15?/m1/s1. The first-order valence-corrected chi connectivity index (χ1v) is 9.64. The molecule has 1 fully saturated rings. The van der Waals surface area contributed by atoms with Gasteiger partial charge in [0.15, 0.2) is 0 Å². The zero-order chi connectivity index (χ0) is 16.9. The minimum Gasteiger partial charge on any atom is -0.369 e. The predicted octanol–water partition coefficient (Wildman–Crippen LogP) is 0.377. The molecular formula is C16H25N3O3S. The Hall–Kier alpha value is -1.44. The van der Waals surface area contributed by atoms with Gasteiger partial charge in [0.05, 0.1) is 5.75 Å². The highest BCUT2D eigenvalue weighted by molar-refractivity contribution is 7.89. The fourth-order valence-corrected chi connectivity index (χ4v) is 4.28. The number of rotatable bonds is 8. The number of primary sulfonamides is 1. The molecule has 1 amide bonds. The van der Waals surface area contributed by atoms with Crippen molar-refractivity contribution in [1.29, 1.82) is 0 Å². The van der Waals surface area contributed by atoms with E-state index in [0.29, 0.717) is 12.8 Å². The summed E-state index contributed by atoms with van der Waals surface area (Å²) in [5.41, 5.74) is 6.56. The van der Waals surface area contributed by atoms with Crippen LogP contribution >= 0.6 is 0 Å². The van der Waals surface area contributed by atoms with E-state index in [0.717, 1.165) is 24.9 Å². The van der Waals surface area contributed by atoms with Gasteiger partial charge in [0, 0.05) is 12.0 Å². The molecule has 2 rings (SSSR count). The van der Waals surface area contributed by atoms with E-state index in [9.17, 15) is 13.2 Å². The zero-order valence-corrected chi connectivity index (χ0v) is 14.0. The molecular weight excluding hydrogens is 314 g/mol. The largest absolute Gasteiger partial charge is 0.369 e. The quantitative estimate of drug-likeness (QED) is 0.635. The SMILES string of the molecule is NC(=O)C(C[C@@H]1CCCN1)[C@H](Cc1ccccc1)CS(N)(=O)=O. The summed E-state index contributed by atoms with van der Waals surface area (Å²) in [6, 6.07) is 9.73. The number of nitrogens with one attached hydrogen (secondary N) is 1. The fourth-order valence-electron chi connectivity index (χ4n) is 3.34. The van der Waals surface area contributed by atoms with Crippen LogP contribution < -0.4 is 16.2 Å². The second-order valence-electron chi connectivity index (χ2n) is 6.32. The van der Waals surface area contributed by atoms with Crippen LogP contribution in [0.3, 0.4) is 0 Å². The van der Waals surface area contributed by atoms with E-state index >= 15 is 0 Å². The van der Waals surface area contributed by atoms with Crippen LogP contribution in [0.25, 0.3) is 0 Å². The topological polar surface area (TPSA) is 115 Å². The third kappa shape index (κ3) is 5.93. The molecule has 0 saturated carbocycles. The molecule has 6 nitrogen and oxygen atoms in total. The normalized spacial score (nSPS) is 21.0. The Kier molecular flexibility index (Phi) is 6.15. The van der Waals surface area contributed by atoms with Crippen LogP contribution in [0.15, 0.2) is 30.3 Å². The van der Waals surface area contributed by atoms with E-state index in [1.165, 1.54) is 0 Å². The molecule has 128 valence electrons. The van der Waals surface area contributed by atoms with Crippen LogP contribution in [-0.2, 0) is 21.2 Å². The molecule has 5 N–H and O–H groups in total. The van der Waals surface area contributed by atoms with Gasteiger partial charge >= 0.3 is 0 Å². The number of amides is 1. The molecule has 23 heavy (non-hydrogen) atoms. The number of sulfonamides is 1. The van der Waals surface area contributed by atoms with E-state index in [-0.39, 0.29) is 11.8 Å². The van der Waals surface area contributed by atoms with Crippen molar-refractivity contribution in [2.24, 2.45) is 22.7 Å². The van der Waals surface area contributed by atoms with Crippen LogP contribution in [0.1, 0.15) is 24.8 Å². The molecule has 0 aromatic heterocycles. The second-order valence-corrected chi connectivity index (χ2v) is 7.98. The van der Waals surface area contributed by atoms with Gasteiger partial charge in [0.1, 0.15) is 0 Å². The first kappa shape index (κ1) is 17.9. The van der Waals surface area contributed by atoms with E-state index < -0.39 is 27.8 Å². The van der Waals surface area contributed by atoms with Crippen LogP contribution in [-0.4, -0.2) is 32.7 Å². The smallest absolute Gasteiger partial charge is 0.220 e. The Morgan fingerprint density at radius 3 is 2.52 bits per heavy atom. The van der Waals surface area contributed by atoms with Gasteiger partial charge in [-0.25, -0.2) is 13.6 Å². The van der Waals surface area contributed by atoms with Gasteiger partial charge in [0.25, 0.3) is 0 Å².